The first-order valence-corrected chi connectivity index (χ1v) is 6.03. The molecule has 0 heterocycles. The average Bonchev–Trinajstić information content (AvgIpc) is 2.28. The van der Waals surface area contributed by atoms with Gasteiger partial charge in [0, 0.05) is 18.6 Å². The summed E-state index contributed by atoms with van der Waals surface area (Å²) in [5, 5.41) is 8.52. The lowest BCUT2D eigenvalue weighted by Gasteiger charge is -2.14. The van der Waals surface area contributed by atoms with Crippen LogP contribution < -0.4 is 0 Å². The molecule has 0 N–H and O–H groups in total. The minimum atomic E-state index is -0.646. The minimum absolute atomic E-state index is 0.278. The van der Waals surface area contributed by atoms with Gasteiger partial charge in [-0.25, -0.2) is 0 Å². The molecule has 1 aromatic rings. The van der Waals surface area contributed by atoms with E-state index in [9.17, 15) is 4.79 Å². The summed E-state index contributed by atoms with van der Waals surface area (Å²) >= 11 is 3.23. The van der Waals surface area contributed by atoms with E-state index in [0.717, 1.165) is 5.56 Å². The maximum absolute atomic E-state index is 11.4. The van der Waals surface area contributed by atoms with Crippen LogP contribution in [0, 0.1) is 5.39 Å². The van der Waals surface area contributed by atoms with Crippen LogP contribution in [-0.2, 0) is 16.0 Å². The second kappa shape index (κ2) is 5.78. The maximum atomic E-state index is 11.4. The van der Waals surface area contributed by atoms with Crippen molar-refractivity contribution < 1.29 is 9.53 Å². The van der Waals surface area contributed by atoms with Gasteiger partial charge in [0.2, 0.25) is 5.39 Å². The number of benzene rings is 1. The van der Waals surface area contributed by atoms with Crippen molar-refractivity contribution in [3.05, 3.63) is 34.8 Å². The van der Waals surface area contributed by atoms with Crippen LogP contribution in [-0.4, -0.2) is 16.9 Å². The number of nitrogens with zero attached hydrogens (tertiary/aromatic N) is 2. The van der Waals surface area contributed by atoms with Gasteiger partial charge in [-0.1, -0.05) is 28.1 Å². The quantitative estimate of drug-likeness (QED) is 0.486. The topological polar surface area (TPSA) is 54.5 Å². The first kappa shape index (κ1) is 13.7. The molecule has 1 aromatic carbocycles. The van der Waals surface area contributed by atoms with Gasteiger partial charge in [0.15, 0.2) is 4.98 Å². The molecular formula is C12H14BrN2O2+. The number of hydrogen-bond acceptors (Lipinski definition) is 3. The molecule has 0 radical (unpaired) electrons. The van der Waals surface area contributed by atoms with Crippen LogP contribution in [0.5, 0.6) is 0 Å². The molecule has 5 heteroatoms. The Morgan fingerprint density at radius 3 is 2.47 bits per heavy atom. The second-order valence-corrected chi connectivity index (χ2v) is 6.11. The van der Waals surface area contributed by atoms with Crippen LogP contribution in [0.2, 0.25) is 0 Å². The number of carbonyl (C=O) groups excluding carboxylic acids is 1. The molecule has 1 rings (SSSR count). The highest BCUT2D eigenvalue weighted by molar-refractivity contribution is 9.10. The van der Waals surface area contributed by atoms with Gasteiger partial charge in [-0.15, -0.1) is 0 Å². The summed E-state index contributed by atoms with van der Waals surface area (Å²) in [7, 11) is 0. The summed E-state index contributed by atoms with van der Waals surface area (Å²) in [5.41, 5.74) is 1.53. The van der Waals surface area contributed by atoms with Crippen LogP contribution in [0.15, 0.2) is 24.3 Å². The first-order chi connectivity index (χ1) is 7.93. The zero-order chi connectivity index (χ0) is 12.9. The van der Waals surface area contributed by atoms with Gasteiger partial charge in [0.25, 0.3) is 0 Å². The van der Waals surface area contributed by atoms with Gasteiger partial charge in [-0.3, -0.25) is 4.79 Å². The first-order valence-electron chi connectivity index (χ1n) is 5.23. The fourth-order valence-corrected chi connectivity index (χ4v) is 1.28. The molecule has 0 unspecified atom stereocenters. The molecule has 0 bridgehead atoms. The highest BCUT2D eigenvalue weighted by Crippen LogP contribution is 2.18. The smallest absolute Gasteiger partial charge is 0.385 e. The number of alkyl halides is 1. The Balaban J connectivity index is 2.41. The van der Waals surface area contributed by atoms with Crippen LogP contribution in [0.4, 0.5) is 5.69 Å². The van der Waals surface area contributed by atoms with E-state index in [1.807, 2.05) is 12.1 Å². The summed E-state index contributed by atoms with van der Waals surface area (Å²) in [5.74, 6) is -0.278. The van der Waals surface area contributed by atoms with Gasteiger partial charge in [-0.05, 0) is 19.4 Å². The van der Waals surface area contributed by atoms with Crippen molar-refractivity contribution in [2.45, 2.75) is 24.6 Å². The van der Waals surface area contributed by atoms with Gasteiger partial charge >= 0.3 is 11.7 Å². The van der Waals surface area contributed by atoms with Crippen molar-refractivity contribution in [2.75, 3.05) is 6.61 Å². The van der Waals surface area contributed by atoms with Crippen LogP contribution in [0.3, 0.4) is 0 Å². The summed E-state index contributed by atoms with van der Waals surface area (Å²) in [4.78, 5) is 14.5. The van der Waals surface area contributed by atoms with Crippen molar-refractivity contribution in [1.29, 1.82) is 5.39 Å². The van der Waals surface area contributed by atoms with Crippen molar-refractivity contribution in [3.63, 3.8) is 0 Å². The molecule has 0 aliphatic heterocycles. The number of rotatable bonds is 4. The molecule has 0 aliphatic rings. The Kier molecular flexibility index (Phi) is 4.64. The van der Waals surface area contributed by atoms with Gasteiger partial charge in [-0.2, -0.15) is 0 Å². The van der Waals surface area contributed by atoms with E-state index in [1.54, 1.807) is 26.0 Å². The van der Waals surface area contributed by atoms with Crippen molar-refractivity contribution in [1.82, 2.24) is 0 Å². The van der Waals surface area contributed by atoms with E-state index in [1.165, 1.54) is 0 Å². The average molecular weight is 298 g/mol. The number of halogens is 1. The largest absolute Gasteiger partial charge is 0.464 e. The standard InChI is InChI=1S/C12H14BrN2O2/c1-12(2,13)11(16)17-8-7-9-3-5-10(15-14)6-4-9/h3-6H,7-8H2,1-2H3/q+1. The normalized spacial score (nSPS) is 10.7. The third kappa shape index (κ3) is 4.53. The van der Waals surface area contributed by atoms with E-state index in [4.69, 9.17) is 10.1 Å². The molecule has 0 saturated carbocycles. The molecule has 0 aromatic heterocycles. The third-order valence-corrected chi connectivity index (χ3v) is 2.48. The van der Waals surface area contributed by atoms with Crippen LogP contribution in [0.25, 0.3) is 4.98 Å². The highest BCUT2D eigenvalue weighted by Gasteiger charge is 2.25. The Morgan fingerprint density at radius 1 is 1.41 bits per heavy atom. The van der Waals surface area contributed by atoms with Crippen LogP contribution >= 0.6 is 15.9 Å². The molecule has 0 spiro atoms. The number of esters is 1. The zero-order valence-electron chi connectivity index (χ0n) is 9.81. The molecule has 0 amide bonds. The summed E-state index contributed by atoms with van der Waals surface area (Å²) in [6.45, 7) is 3.82. The predicted octanol–water partition coefficient (Wildman–Crippen LogP) is 3.43. The number of hydrogen-bond donors (Lipinski definition) is 0. The Labute approximate surface area is 109 Å². The number of ether oxygens (including phenoxy) is 1. The van der Waals surface area contributed by atoms with Gasteiger partial charge < -0.3 is 4.74 Å². The fraction of sp³-hybridized carbons (Fsp3) is 0.417. The minimum Gasteiger partial charge on any atom is -0.464 e. The molecule has 90 valence electrons. The molecule has 0 atom stereocenters. The predicted molar refractivity (Wildman–Crippen MR) is 68.9 cm³/mol. The van der Waals surface area contributed by atoms with E-state index >= 15 is 0 Å². The van der Waals surface area contributed by atoms with E-state index in [-0.39, 0.29) is 5.97 Å². The molecule has 0 aliphatic carbocycles. The molecule has 0 fully saturated rings. The highest BCUT2D eigenvalue weighted by atomic mass is 79.9. The Bertz CT molecular complexity index is 429. The summed E-state index contributed by atoms with van der Waals surface area (Å²) in [6.07, 6.45) is 0.639. The Morgan fingerprint density at radius 2 is 2.00 bits per heavy atom. The lowest BCUT2D eigenvalue weighted by atomic mass is 10.1. The van der Waals surface area contributed by atoms with E-state index in [0.29, 0.717) is 18.7 Å². The lowest BCUT2D eigenvalue weighted by molar-refractivity contribution is -0.145. The van der Waals surface area contributed by atoms with Crippen LogP contribution in [0.1, 0.15) is 19.4 Å². The molecule has 4 nitrogen and oxygen atoms in total. The number of carbonyl (C=O) groups is 1. The van der Waals surface area contributed by atoms with Gasteiger partial charge in [0.1, 0.15) is 4.32 Å². The van der Waals surface area contributed by atoms with E-state index < -0.39 is 4.32 Å². The monoisotopic (exact) mass is 297 g/mol. The zero-order valence-corrected chi connectivity index (χ0v) is 11.4. The lowest BCUT2D eigenvalue weighted by Crippen LogP contribution is -2.27. The fourth-order valence-electron chi connectivity index (χ4n) is 1.16. The Hall–Kier alpha value is -1.41. The molecular weight excluding hydrogens is 284 g/mol. The second-order valence-electron chi connectivity index (χ2n) is 4.12. The SMILES string of the molecule is CC(C)(Br)C(=O)OCCc1ccc([N+]#N)cc1. The summed E-state index contributed by atoms with van der Waals surface area (Å²) < 4.78 is 4.46. The van der Waals surface area contributed by atoms with Gasteiger partial charge in [0.05, 0.1) is 6.61 Å². The van der Waals surface area contributed by atoms with Crippen molar-refractivity contribution in [3.8, 4) is 0 Å². The van der Waals surface area contributed by atoms with E-state index in [2.05, 4.69) is 20.9 Å². The molecule has 17 heavy (non-hydrogen) atoms. The third-order valence-electron chi connectivity index (χ3n) is 2.16. The molecule has 0 saturated heterocycles. The van der Waals surface area contributed by atoms with Crippen molar-refractivity contribution in [2.24, 2.45) is 0 Å². The maximum Gasteiger partial charge on any atom is 0.385 e. The number of diazo groups is 1. The van der Waals surface area contributed by atoms with Crippen molar-refractivity contribution >= 4 is 27.6 Å². The summed E-state index contributed by atoms with van der Waals surface area (Å²) in [6, 6.07) is 7.07.